The Kier molecular flexibility index (Phi) is 4.12. The monoisotopic (exact) mass is 304 g/mol. The van der Waals surface area contributed by atoms with Crippen molar-refractivity contribution in [2.24, 2.45) is 0 Å². The zero-order valence-electron chi connectivity index (χ0n) is 13.4. The van der Waals surface area contributed by atoms with Crippen molar-refractivity contribution in [1.82, 2.24) is 10.2 Å². The number of benzene rings is 1. The molecule has 6 heteroatoms. The number of carboxylic acids is 1. The van der Waals surface area contributed by atoms with Gasteiger partial charge in [0.25, 0.3) is 0 Å². The maximum absolute atomic E-state index is 11.0. The summed E-state index contributed by atoms with van der Waals surface area (Å²) in [7, 11) is 3.18. The van der Waals surface area contributed by atoms with E-state index < -0.39 is 5.97 Å². The third-order valence-electron chi connectivity index (χ3n) is 3.39. The van der Waals surface area contributed by atoms with Crippen molar-refractivity contribution in [2.75, 3.05) is 14.2 Å². The molecular weight excluding hydrogens is 284 g/mol. The van der Waals surface area contributed by atoms with Gasteiger partial charge in [-0.1, -0.05) is 20.8 Å². The maximum Gasteiger partial charge on any atom is 0.353 e. The zero-order valence-corrected chi connectivity index (χ0v) is 13.4. The Morgan fingerprint density at radius 1 is 1.18 bits per heavy atom. The van der Waals surface area contributed by atoms with E-state index >= 15 is 0 Å². The Balaban J connectivity index is 2.70. The highest BCUT2D eigenvalue weighted by Crippen LogP contribution is 2.41. The van der Waals surface area contributed by atoms with E-state index in [1.165, 1.54) is 6.07 Å². The standard InChI is InChI=1S/C16H20N2O4/c1-16(2,3)11-7-9(21-4)6-10(14(11)22-5)12-8-13(15(19)20)18-17-12/h6-8H,1-5H3,(H,17,18)(H,19,20). The fourth-order valence-electron chi connectivity index (χ4n) is 2.26. The first-order valence-corrected chi connectivity index (χ1v) is 6.83. The first-order valence-electron chi connectivity index (χ1n) is 6.83. The normalized spacial score (nSPS) is 11.3. The summed E-state index contributed by atoms with van der Waals surface area (Å²) >= 11 is 0. The van der Waals surface area contributed by atoms with Crippen LogP contribution in [0.15, 0.2) is 18.2 Å². The lowest BCUT2D eigenvalue weighted by Gasteiger charge is -2.24. The number of methoxy groups -OCH3 is 2. The highest BCUT2D eigenvalue weighted by atomic mass is 16.5. The van der Waals surface area contributed by atoms with Crippen LogP contribution in [-0.2, 0) is 5.41 Å². The van der Waals surface area contributed by atoms with Crippen LogP contribution in [0.4, 0.5) is 0 Å². The summed E-state index contributed by atoms with van der Waals surface area (Å²) < 4.78 is 10.9. The molecule has 0 aliphatic carbocycles. The lowest BCUT2D eigenvalue weighted by Crippen LogP contribution is -2.13. The molecule has 2 aromatic rings. The molecule has 0 aliphatic rings. The molecule has 0 aliphatic heterocycles. The summed E-state index contributed by atoms with van der Waals surface area (Å²) in [6, 6.07) is 5.19. The number of nitrogens with one attached hydrogen (secondary N) is 1. The molecule has 6 nitrogen and oxygen atoms in total. The van der Waals surface area contributed by atoms with Crippen molar-refractivity contribution >= 4 is 5.97 Å². The van der Waals surface area contributed by atoms with E-state index in [1.807, 2.05) is 6.07 Å². The molecule has 0 saturated heterocycles. The summed E-state index contributed by atoms with van der Waals surface area (Å²) in [5, 5.41) is 15.6. The van der Waals surface area contributed by atoms with Gasteiger partial charge in [-0.25, -0.2) is 4.79 Å². The summed E-state index contributed by atoms with van der Waals surface area (Å²) in [6.45, 7) is 6.21. The molecule has 0 fully saturated rings. The van der Waals surface area contributed by atoms with Gasteiger partial charge in [-0.15, -0.1) is 0 Å². The van der Waals surface area contributed by atoms with E-state index in [4.69, 9.17) is 14.6 Å². The smallest absolute Gasteiger partial charge is 0.353 e. The van der Waals surface area contributed by atoms with Gasteiger partial charge in [0, 0.05) is 11.1 Å². The number of hydrogen-bond donors (Lipinski definition) is 2. The number of aromatic amines is 1. The molecule has 0 radical (unpaired) electrons. The number of H-pyrrole nitrogens is 1. The summed E-state index contributed by atoms with van der Waals surface area (Å²) in [6.07, 6.45) is 0. The van der Waals surface area contributed by atoms with Crippen LogP contribution in [0, 0.1) is 0 Å². The lowest BCUT2D eigenvalue weighted by atomic mass is 9.84. The molecular formula is C16H20N2O4. The van der Waals surface area contributed by atoms with Crippen molar-refractivity contribution in [3.8, 4) is 22.8 Å². The van der Waals surface area contributed by atoms with E-state index in [2.05, 4.69) is 31.0 Å². The molecule has 0 unspecified atom stereocenters. The number of carbonyl (C=O) groups is 1. The molecule has 0 saturated carbocycles. The quantitative estimate of drug-likeness (QED) is 0.906. The van der Waals surface area contributed by atoms with Gasteiger partial charge in [0.1, 0.15) is 17.2 Å². The predicted molar refractivity (Wildman–Crippen MR) is 82.8 cm³/mol. The van der Waals surface area contributed by atoms with Crippen LogP contribution in [0.3, 0.4) is 0 Å². The Morgan fingerprint density at radius 2 is 1.86 bits per heavy atom. The number of rotatable bonds is 4. The van der Waals surface area contributed by atoms with Crippen LogP contribution >= 0.6 is 0 Å². The molecule has 0 atom stereocenters. The van der Waals surface area contributed by atoms with Crippen LogP contribution in [0.5, 0.6) is 11.5 Å². The Morgan fingerprint density at radius 3 is 2.32 bits per heavy atom. The van der Waals surface area contributed by atoms with Crippen molar-refractivity contribution in [2.45, 2.75) is 26.2 Å². The van der Waals surface area contributed by atoms with Gasteiger partial charge in [-0.3, -0.25) is 5.10 Å². The minimum absolute atomic E-state index is 0.0252. The number of nitrogens with zero attached hydrogens (tertiary/aromatic N) is 1. The Bertz CT molecular complexity index is 699. The molecule has 2 N–H and O–H groups in total. The van der Waals surface area contributed by atoms with E-state index in [9.17, 15) is 4.79 Å². The highest BCUT2D eigenvalue weighted by Gasteiger charge is 2.24. The van der Waals surface area contributed by atoms with Gasteiger partial charge in [-0.05, 0) is 23.6 Å². The molecule has 0 spiro atoms. The summed E-state index contributed by atoms with van der Waals surface area (Å²) in [5.74, 6) is 0.272. The molecule has 0 bridgehead atoms. The Labute approximate surface area is 129 Å². The average Bonchev–Trinajstić information content (AvgIpc) is 2.94. The van der Waals surface area contributed by atoms with Gasteiger partial charge in [-0.2, -0.15) is 5.10 Å². The van der Waals surface area contributed by atoms with Gasteiger partial charge in [0.2, 0.25) is 0 Å². The van der Waals surface area contributed by atoms with Crippen LogP contribution in [-0.4, -0.2) is 35.5 Å². The average molecular weight is 304 g/mol. The Hall–Kier alpha value is -2.50. The third-order valence-corrected chi connectivity index (χ3v) is 3.39. The molecule has 0 amide bonds. The number of ether oxygens (including phenoxy) is 2. The van der Waals surface area contributed by atoms with Gasteiger partial charge < -0.3 is 14.6 Å². The fraction of sp³-hybridized carbons (Fsp3) is 0.375. The summed E-state index contributed by atoms with van der Waals surface area (Å²) in [5.41, 5.74) is 2.01. The van der Waals surface area contributed by atoms with Crippen LogP contribution in [0.25, 0.3) is 11.3 Å². The molecule has 22 heavy (non-hydrogen) atoms. The largest absolute Gasteiger partial charge is 0.497 e. The number of hydrogen-bond acceptors (Lipinski definition) is 4. The number of carboxylic acid groups (broad SMARTS) is 1. The second-order valence-electron chi connectivity index (χ2n) is 5.98. The first kappa shape index (κ1) is 15.9. The zero-order chi connectivity index (χ0) is 16.5. The van der Waals surface area contributed by atoms with E-state index in [-0.39, 0.29) is 11.1 Å². The minimum atomic E-state index is -1.06. The predicted octanol–water partition coefficient (Wildman–Crippen LogP) is 3.09. The van der Waals surface area contributed by atoms with Gasteiger partial charge >= 0.3 is 5.97 Å². The topological polar surface area (TPSA) is 84.4 Å². The summed E-state index contributed by atoms with van der Waals surface area (Å²) in [4.78, 5) is 11.0. The number of aromatic carboxylic acids is 1. The molecule has 118 valence electrons. The van der Waals surface area contributed by atoms with Gasteiger partial charge in [0.05, 0.1) is 19.9 Å². The second kappa shape index (κ2) is 5.71. The second-order valence-corrected chi connectivity index (χ2v) is 5.98. The third kappa shape index (κ3) is 2.90. The molecule has 2 rings (SSSR count). The van der Waals surface area contributed by atoms with E-state index in [1.54, 1.807) is 20.3 Å². The van der Waals surface area contributed by atoms with Gasteiger partial charge in [0.15, 0.2) is 0 Å². The van der Waals surface area contributed by atoms with Crippen molar-refractivity contribution in [1.29, 1.82) is 0 Å². The fourth-order valence-corrected chi connectivity index (χ4v) is 2.26. The van der Waals surface area contributed by atoms with Crippen LogP contribution in [0.1, 0.15) is 36.8 Å². The molecule has 1 aromatic heterocycles. The highest BCUT2D eigenvalue weighted by molar-refractivity contribution is 5.87. The molecule has 1 aromatic carbocycles. The first-order chi connectivity index (χ1) is 10.3. The van der Waals surface area contributed by atoms with Crippen molar-refractivity contribution in [3.05, 3.63) is 29.5 Å². The van der Waals surface area contributed by atoms with Crippen LogP contribution in [0.2, 0.25) is 0 Å². The lowest BCUT2D eigenvalue weighted by molar-refractivity contribution is 0.0690. The molecule has 1 heterocycles. The van der Waals surface area contributed by atoms with E-state index in [0.717, 1.165) is 5.56 Å². The number of aromatic nitrogens is 2. The maximum atomic E-state index is 11.0. The van der Waals surface area contributed by atoms with Crippen LogP contribution < -0.4 is 9.47 Å². The van der Waals surface area contributed by atoms with Crippen molar-refractivity contribution in [3.63, 3.8) is 0 Å². The van der Waals surface area contributed by atoms with E-state index in [0.29, 0.717) is 22.8 Å². The van der Waals surface area contributed by atoms with Crippen molar-refractivity contribution < 1.29 is 19.4 Å². The SMILES string of the molecule is COc1cc(-c2cc(C(=O)O)[nH]n2)c(OC)c(C(C)(C)C)c1. The minimum Gasteiger partial charge on any atom is -0.497 e.